The second-order valence-electron chi connectivity index (χ2n) is 4.21. The van der Waals surface area contributed by atoms with Crippen LogP contribution in [0.4, 0.5) is 4.39 Å². The Morgan fingerprint density at radius 3 is 2.94 bits per heavy atom. The average Bonchev–Trinajstić information content (AvgIpc) is 2.33. The molecule has 0 heterocycles. The number of nitrogens with zero attached hydrogens (tertiary/aromatic N) is 1. The van der Waals surface area contributed by atoms with Crippen LogP contribution in [-0.2, 0) is 4.79 Å². The molecule has 0 saturated heterocycles. The van der Waals surface area contributed by atoms with Gasteiger partial charge in [0, 0.05) is 6.42 Å². The third-order valence-corrected chi connectivity index (χ3v) is 2.96. The molecular weight excluding hydrogens is 221 g/mol. The van der Waals surface area contributed by atoms with Gasteiger partial charge in [0.05, 0.1) is 6.04 Å². The highest BCUT2D eigenvalue weighted by Crippen LogP contribution is 2.26. The van der Waals surface area contributed by atoms with Gasteiger partial charge < -0.3 is 4.74 Å². The standard InChI is InChI=1S/C13H14FNO2/c14-12-6-1-2-7-13(12)17-11-5-3-4-10(8-11)15-9-16/h1-2,6-7,10-11H,3-5,8H2. The van der Waals surface area contributed by atoms with Gasteiger partial charge in [0.1, 0.15) is 6.10 Å². The average molecular weight is 235 g/mol. The first-order valence-corrected chi connectivity index (χ1v) is 5.78. The molecule has 1 aromatic carbocycles. The Hall–Kier alpha value is -1.67. The molecule has 0 N–H and O–H groups in total. The van der Waals surface area contributed by atoms with Crippen LogP contribution < -0.4 is 4.74 Å². The van der Waals surface area contributed by atoms with E-state index in [1.54, 1.807) is 24.3 Å². The van der Waals surface area contributed by atoms with Crippen molar-refractivity contribution in [1.29, 1.82) is 0 Å². The quantitative estimate of drug-likeness (QED) is 0.597. The SMILES string of the molecule is O=C=NC1CCCC(Oc2ccccc2F)C1. The summed E-state index contributed by atoms with van der Waals surface area (Å²) in [6.07, 6.45) is 4.86. The number of isocyanates is 1. The summed E-state index contributed by atoms with van der Waals surface area (Å²) >= 11 is 0. The molecule has 0 aliphatic heterocycles. The van der Waals surface area contributed by atoms with Gasteiger partial charge in [-0.1, -0.05) is 12.1 Å². The number of hydrogen-bond acceptors (Lipinski definition) is 3. The molecule has 90 valence electrons. The van der Waals surface area contributed by atoms with Crippen LogP contribution in [0.3, 0.4) is 0 Å². The summed E-state index contributed by atoms with van der Waals surface area (Å²) in [6.45, 7) is 0. The van der Waals surface area contributed by atoms with Crippen molar-refractivity contribution in [2.24, 2.45) is 4.99 Å². The molecule has 17 heavy (non-hydrogen) atoms. The molecule has 2 atom stereocenters. The monoisotopic (exact) mass is 235 g/mol. The van der Waals surface area contributed by atoms with Gasteiger partial charge in [-0.2, -0.15) is 0 Å². The first kappa shape index (κ1) is 11.8. The van der Waals surface area contributed by atoms with Crippen molar-refractivity contribution in [2.75, 3.05) is 0 Å². The van der Waals surface area contributed by atoms with Crippen LogP contribution in [0.15, 0.2) is 29.3 Å². The van der Waals surface area contributed by atoms with E-state index in [9.17, 15) is 9.18 Å². The highest BCUT2D eigenvalue weighted by molar-refractivity contribution is 5.33. The summed E-state index contributed by atoms with van der Waals surface area (Å²) in [7, 11) is 0. The maximum Gasteiger partial charge on any atom is 0.235 e. The zero-order valence-electron chi connectivity index (χ0n) is 9.43. The molecule has 4 heteroatoms. The lowest BCUT2D eigenvalue weighted by molar-refractivity contribution is 0.139. The van der Waals surface area contributed by atoms with Gasteiger partial charge in [-0.3, -0.25) is 0 Å². The largest absolute Gasteiger partial charge is 0.487 e. The molecule has 1 saturated carbocycles. The molecule has 1 aliphatic rings. The van der Waals surface area contributed by atoms with E-state index in [0.717, 1.165) is 19.3 Å². The third kappa shape index (κ3) is 3.14. The van der Waals surface area contributed by atoms with E-state index >= 15 is 0 Å². The lowest BCUT2D eigenvalue weighted by Crippen LogP contribution is -2.27. The second-order valence-corrected chi connectivity index (χ2v) is 4.21. The molecule has 1 fully saturated rings. The number of benzene rings is 1. The minimum Gasteiger partial charge on any atom is -0.487 e. The molecule has 1 aliphatic carbocycles. The molecular formula is C13H14FNO2. The zero-order valence-corrected chi connectivity index (χ0v) is 9.43. The van der Waals surface area contributed by atoms with Gasteiger partial charge in [-0.05, 0) is 31.4 Å². The van der Waals surface area contributed by atoms with Gasteiger partial charge in [-0.15, -0.1) is 0 Å². The molecule has 2 unspecified atom stereocenters. The van der Waals surface area contributed by atoms with Crippen LogP contribution in [0.5, 0.6) is 5.75 Å². The third-order valence-electron chi connectivity index (χ3n) is 2.96. The topological polar surface area (TPSA) is 38.7 Å². The van der Waals surface area contributed by atoms with Gasteiger partial charge in [-0.25, -0.2) is 14.2 Å². The predicted molar refractivity (Wildman–Crippen MR) is 61.2 cm³/mol. The van der Waals surface area contributed by atoms with Crippen LogP contribution in [-0.4, -0.2) is 18.2 Å². The van der Waals surface area contributed by atoms with E-state index in [4.69, 9.17) is 4.74 Å². The first-order valence-electron chi connectivity index (χ1n) is 5.78. The van der Waals surface area contributed by atoms with Crippen molar-refractivity contribution < 1.29 is 13.9 Å². The van der Waals surface area contributed by atoms with Crippen LogP contribution in [0.1, 0.15) is 25.7 Å². The van der Waals surface area contributed by atoms with Gasteiger partial charge in [0.2, 0.25) is 6.08 Å². The number of halogens is 1. The van der Waals surface area contributed by atoms with Crippen molar-refractivity contribution in [2.45, 2.75) is 37.8 Å². The lowest BCUT2D eigenvalue weighted by Gasteiger charge is -2.26. The maximum absolute atomic E-state index is 13.4. The Labute approximate surface area is 99.3 Å². The fourth-order valence-corrected chi connectivity index (χ4v) is 2.14. The van der Waals surface area contributed by atoms with E-state index in [1.807, 2.05) is 0 Å². The Kier molecular flexibility index (Phi) is 3.89. The van der Waals surface area contributed by atoms with E-state index in [2.05, 4.69) is 4.99 Å². The molecule has 3 nitrogen and oxygen atoms in total. The van der Waals surface area contributed by atoms with E-state index in [1.165, 1.54) is 6.07 Å². The molecule has 2 rings (SSSR count). The summed E-state index contributed by atoms with van der Waals surface area (Å²) < 4.78 is 19.0. The van der Waals surface area contributed by atoms with Crippen molar-refractivity contribution in [3.05, 3.63) is 30.1 Å². The Morgan fingerprint density at radius 2 is 2.18 bits per heavy atom. The highest BCUT2D eigenvalue weighted by atomic mass is 19.1. The fraction of sp³-hybridized carbons (Fsp3) is 0.462. The minimum atomic E-state index is -0.353. The fourth-order valence-electron chi connectivity index (χ4n) is 2.14. The van der Waals surface area contributed by atoms with Crippen LogP contribution in [0, 0.1) is 5.82 Å². The Balaban J connectivity index is 1.99. The van der Waals surface area contributed by atoms with Gasteiger partial charge >= 0.3 is 0 Å². The van der Waals surface area contributed by atoms with Gasteiger partial charge in [0.15, 0.2) is 11.6 Å². The summed E-state index contributed by atoms with van der Waals surface area (Å²) in [5.74, 6) is -0.0817. The maximum atomic E-state index is 13.4. The Morgan fingerprint density at radius 1 is 1.35 bits per heavy atom. The normalized spacial score (nSPS) is 23.8. The first-order chi connectivity index (χ1) is 8.29. The zero-order chi connectivity index (χ0) is 12.1. The van der Waals surface area contributed by atoms with Gasteiger partial charge in [0.25, 0.3) is 0 Å². The van der Waals surface area contributed by atoms with Crippen molar-refractivity contribution in [3.63, 3.8) is 0 Å². The summed E-state index contributed by atoms with van der Waals surface area (Å²) in [6, 6.07) is 6.32. The molecule has 0 aromatic heterocycles. The number of carbonyl (C=O) groups excluding carboxylic acids is 1. The summed E-state index contributed by atoms with van der Waals surface area (Å²) in [5, 5.41) is 0. The number of para-hydroxylation sites is 1. The number of ether oxygens (including phenoxy) is 1. The van der Waals surface area contributed by atoms with Crippen molar-refractivity contribution >= 4 is 6.08 Å². The second kappa shape index (κ2) is 5.60. The predicted octanol–water partition coefficient (Wildman–Crippen LogP) is 2.85. The minimum absolute atomic E-state index is 0.0296. The molecule has 0 radical (unpaired) electrons. The van der Waals surface area contributed by atoms with Crippen molar-refractivity contribution in [3.8, 4) is 5.75 Å². The van der Waals surface area contributed by atoms with Crippen LogP contribution >= 0.6 is 0 Å². The smallest absolute Gasteiger partial charge is 0.235 e. The van der Waals surface area contributed by atoms with Crippen molar-refractivity contribution in [1.82, 2.24) is 0 Å². The van der Waals surface area contributed by atoms with Crippen LogP contribution in [0.25, 0.3) is 0 Å². The molecule has 1 aromatic rings. The van der Waals surface area contributed by atoms with E-state index < -0.39 is 0 Å². The molecule has 0 spiro atoms. The molecule has 0 amide bonds. The number of hydrogen-bond donors (Lipinski definition) is 0. The number of aliphatic imine (C=N–C) groups is 1. The van der Waals surface area contributed by atoms with E-state index in [-0.39, 0.29) is 23.7 Å². The molecule has 0 bridgehead atoms. The highest BCUT2D eigenvalue weighted by Gasteiger charge is 2.23. The summed E-state index contributed by atoms with van der Waals surface area (Å²) in [5.41, 5.74) is 0. The van der Waals surface area contributed by atoms with Crippen LogP contribution in [0.2, 0.25) is 0 Å². The Bertz CT molecular complexity index is 429. The number of rotatable bonds is 3. The lowest BCUT2D eigenvalue weighted by atomic mass is 9.93. The summed E-state index contributed by atoms with van der Waals surface area (Å²) in [4.78, 5) is 13.9. The van der Waals surface area contributed by atoms with E-state index in [0.29, 0.717) is 6.42 Å².